The van der Waals surface area contributed by atoms with Gasteiger partial charge in [0, 0.05) is 20.0 Å². The minimum absolute atomic E-state index is 0. The number of nitrogens with zero attached hydrogens (tertiary/aromatic N) is 2. The van der Waals surface area contributed by atoms with E-state index in [9.17, 15) is 4.79 Å². The van der Waals surface area contributed by atoms with Crippen LogP contribution in [-0.4, -0.2) is 37.0 Å². The third-order valence-electron chi connectivity index (χ3n) is 1.50. The van der Waals surface area contributed by atoms with Gasteiger partial charge in [0.05, 0.1) is 0 Å². The van der Waals surface area contributed by atoms with E-state index in [-0.39, 0.29) is 38.6 Å². The van der Waals surface area contributed by atoms with E-state index in [0.717, 1.165) is 26.2 Å². The second kappa shape index (κ2) is 5.22. The van der Waals surface area contributed by atoms with Gasteiger partial charge in [0.1, 0.15) is 0 Å². The third kappa shape index (κ3) is 3.08. The van der Waals surface area contributed by atoms with Crippen LogP contribution in [0.4, 0.5) is 0 Å². The second-order valence-corrected chi connectivity index (χ2v) is 2.18. The molecule has 0 spiro atoms. The van der Waals surface area contributed by atoms with Crippen molar-refractivity contribution in [2.24, 2.45) is 0 Å². The molecule has 1 aliphatic heterocycles. The Balaban J connectivity index is 0.000000810. The predicted molar refractivity (Wildman–Crippen MR) is 35.3 cm³/mol. The van der Waals surface area contributed by atoms with E-state index in [1.54, 1.807) is 6.92 Å². The number of carbonyl (C=O) groups excluding carboxylic acids is 1. The molecule has 0 N–H and O–H groups in total. The van der Waals surface area contributed by atoms with Crippen molar-refractivity contribution < 1.29 is 37.5 Å². The van der Waals surface area contributed by atoms with Crippen molar-refractivity contribution in [2.45, 2.75) is 6.92 Å². The summed E-state index contributed by atoms with van der Waals surface area (Å²) in [5.41, 5.74) is 0. The first-order valence-corrected chi connectivity index (χ1v) is 3.19. The van der Waals surface area contributed by atoms with E-state index in [4.69, 9.17) is 0 Å². The Hall–Kier alpha value is 0.534. The van der Waals surface area contributed by atoms with Crippen molar-refractivity contribution in [3.63, 3.8) is 0 Å². The molecular weight excluding hydrogens is 205 g/mol. The summed E-state index contributed by atoms with van der Waals surface area (Å²) in [5.74, 6) is 0.171. The second-order valence-electron chi connectivity index (χ2n) is 2.18. The Labute approximate surface area is 86.4 Å². The van der Waals surface area contributed by atoms with Crippen LogP contribution in [0.5, 0.6) is 0 Å². The number of rotatable bonds is 0. The van der Waals surface area contributed by atoms with Crippen LogP contribution in [0.1, 0.15) is 6.92 Å². The van der Waals surface area contributed by atoms with Gasteiger partial charge in [-0.15, -0.1) is 13.1 Å². The minimum Gasteiger partial charge on any atom is -0.659 e. The van der Waals surface area contributed by atoms with Gasteiger partial charge in [0.15, 0.2) is 0 Å². The summed E-state index contributed by atoms with van der Waals surface area (Å²) in [6.07, 6.45) is 0. The monoisotopic (exact) mass is 216 g/mol. The fourth-order valence-corrected chi connectivity index (χ4v) is 0.921. The molecule has 3 nitrogen and oxygen atoms in total. The van der Waals surface area contributed by atoms with Crippen molar-refractivity contribution >= 4 is 5.91 Å². The maximum Gasteiger partial charge on any atom is 3.00 e. The Bertz CT molecular complexity index is 112. The molecule has 0 aromatic heterocycles. The predicted octanol–water partition coefficient (Wildman–Crippen LogP) is 0.220. The number of amides is 1. The van der Waals surface area contributed by atoms with Crippen LogP contribution in [0.2, 0.25) is 0 Å². The smallest absolute Gasteiger partial charge is 0.659 e. The van der Waals surface area contributed by atoms with E-state index in [2.05, 4.69) is 5.32 Å². The van der Waals surface area contributed by atoms with Crippen LogP contribution in [0.3, 0.4) is 0 Å². The molecule has 0 bridgehead atoms. The minimum atomic E-state index is 0. The van der Waals surface area contributed by atoms with E-state index in [0.29, 0.717) is 0 Å². The van der Waals surface area contributed by atoms with Gasteiger partial charge >= 0.3 is 32.7 Å². The van der Waals surface area contributed by atoms with Gasteiger partial charge in [-0.3, -0.25) is 4.79 Å². The normalized spacial score (nSPS) is 17.9. The average Bonchev–Trinajstić information content (AvgIpc) is 1.90. The molecular formula is C6H11N2OY+2. The van der Waals surface area contributed by atoms with Crippen LogP contribution in [-0.2, 0) is 37.5 Å². The van der Waals surface area contributed by atoms with E-state index < -0.39 is 0 Å². The molecule has 0 aromatic carbocycles. The van der Waals surface area contributed by atoms with Gasteiger partial charge in [-0.2, -0.15) is 0 Å². The Kier molecular flexibility index (Phi) is 5.50. The number of piperazine rings is 1. The van der Waals surface area contributed by atoms with Crippen LogP contribution in [0, 0.1) is 0 Å². The van der Waals surface area contributed by atoms with Crippen molar-refractivity contribution in [3.05, 3.63) is 5.32 Å². The van der Waals surface area contributed by atoms with Crippen molar-refractivity contribution in [1.29, 1.82) is 0 Å². The summed E-state index contributed by atoms with van der Waals surface area (Å²) in [4.78, 5) is 12.5. The molecule has 1 heterocycles. The van der Waals surface area contributed by atoms with Gasteiger partial charge in [-0.05, 0) is 0 Å². The topological polar surface area (TPSA) is 34.4 Å². The molecule has 1 amide bonds. The first-order chi connectivity index (χ1) is 4.30. The van der Waals surface area contributed by atoms with Gasteiger partial charge in [0.25, 0.3) is 0 Å². The largest absolute Gasteiger partial charge is 3.00 e. The van der Waals surface area contributed by atoms with E-state index in [1.165, 1.54) is 0 Å². The van der Waals surface area contributed by atoms with Crippen molar-refractivity contribution in [2.75, 3.05) is 26.2 Å². The summed E-state index contributed by atoms with van der Waals surface area (Å²) >= 11 is 0. The molecule has 10 heavy (non-hydrogen) atoms. The van der Waals surface area contributed by atoms with Gasteiger partial charge in [-0.1, -0.05) is 0 Å². The maximum absolute atomic E-state index is 10.7. The molecule has 0 radical (unpaired) electrons. The summed E-state index contributed by atoms with van der Waals surface area (Å²) < 4.78 is 0. The summed E-state index contributed by atoms with van der Waals surface area (Å²) in [7, 11) is 0. The zero-order valence-corrected chi connectivity index (χ0v) is 9.05. The molecule has 4 heteroatoms. The third-order valence-corrected chi connectivity index (χ3v) is 1.50. The van der Waals surface area contributed by atoms with E-state index >= 15 is 0 Å². The summed E-state index contributed by atoms with van der Waals surface area (Å²) in [6, 6.07) is 0. The van der Waals surface area contributed by atoms with E-state index in [1.807, 2.05) is 4.90 Å². The molecule has 0 atom stereocenters. The fourth-order valence-electron chi connectivity index (χ4n) is 0.921. The molecule has 1 aliphatic rings. The van der Waals surface area contributed by atoms with Crippen LogP contribution in [0.25, 0.3) is 5.32 Å². The molecule has 1 fully saturated rings. The SMILES string of the molecule is CC(=O)N1CC[N-]CC1.[Y+3]. The summed E-state index contributed by atoms with van der Waals surface area (Å²) in [5, 5.41) is 4.12. The molecule has 1 rings (SSSR count). The van der Waals surface area contributed by atoms with Crippen molar-refractivity contribution in [1.82, 2.24) is 4.90 Å². The Morgan fingerprint density at radius 1 is 1.40 bits per heavy atom. The number of carbonyl (C=O) groups is 1. The van der Waals surface area contributed by atoms with Gasteiger partial charge in [0.2, 0.25) is 5.91 Å². The number of hydrogen-bond donors (Lipinski definition) is 0. The molecule has 0 aliphatic carbocycles. The first kappa shape index (κ1) is 10.5. The van der Waals surface area contributed by atoms with Gasteiger partial charge in [-0.25, -0.2) is 0 Å². The average molecular weight is 216 g/mol. The zero-order chi connectivity index (χ0) is 6.69. The van der Waals surface area contributed by atoms with Crippen LogP contribution in [0.15, 0.2) is 0 Å². The molecule has 0 unspecified atom stereocenters. The quantitative estimate of drug-likeness (QED) is 0.570. The molecule has 0 saturated carbocycles. The molecule has 0 aromatic rings. The maximum atomic E-state index is 10.7. The Morgan fingerprint density at radius 3 is 2.20 bits per heavy atom. The number of hydrogen-bond acceptors (Lipinski definition) is 1. The summed E-state index contributed by atoms with van der Waals surface area (Å²) in [6.45, 7) is 4.87. The van der Waals surface area contributed by atoms with Crippen molar-refractivity contribution in [3.8, 4) is 0 Å². The van der Waals surface area contributed by atoms with Crippen LogP contribution < -0.4 is 0 Å². The first-order valence-electron chi connectivity index (χ1n) is 3.19. The molecule has 52 valence electrons. The van der Waals surface area contributed by atoms with Gasteiger partial charge < -0.3 is 10.2 Å². The van der Waals surface area contributed by atoms with Crippen LogP contribution >= 0.6 is 0 Å². The Morgan fingerprint density at radius 2 is 1.90 bits per heavy atom. The fraction of sp³-hybridized carbons (Fsp3) is 0.833. The standard InChI is InChI=1S/C6H11N2O.Y/c1-6(9)8-4-2-7-3-5-8;/h2-5H2,1H3;/q-1;+3. The zero-order valence-electron chi connectivity index (χ0n) is 6.21. The molecule has 1 saturated heterocycles.